The van der Waals surface area contributed by atoms with Crippen molar-refractivity contribution < 1.29 is 13.9 Å². The first-order valence-electron chi connectivity index (χ1n) is 9.22. The summed E-state index contributed by atoms with van der Waals surface area (Å²) in [6.45, 7) is 0. The minimum atomic E-state index is -0.351. The van der Waals surface area contributed by atoms with E-state index in [9.17, 15) is 4.79 Å². The Morgan fingerprint density at radius 3 is 2.56 bits per heavy atom. The number of aromatic nitrogens is 1. The molecule has 1 aromatic heterocycles. The number of anilines is 1. The molecule has 0 aliphatic rings. The number of methoxy groups -OCH3 is 1. The highest BCUT2D eigenvalue weighted by molar-refractivity contribution is 6.42. The van der Waals surface area contributed by atoms with Crippen LogP contribution in [0.1, 0.15) is 5.56 Å². The lowest BCUT2D eigenvalue weighted by molar-refractivity contribution is -0.111. The van der Waals surface area contributed by atoms with Gasteiger partial charge in [0.25, 0.3) is 0 Å². The van der Waals surface area contributed by atoms with Gasteiger partial charge in [-0.15, -0.1) is 0 Å². The quantitative estimate of drug-likeness (QED) is 0.280. The van der Waals surface area contributed by atoms with Gasteiger partial charge >= 0.3 is 0 Å². The smallest absolute Gasteiger partial charge is 0.248 e. The van der Waals surface area contributed by atoms with Gasteiger partial charge in [0.05, 0.1) is 22.2 Å². The van der Waals surface area contributed by atoms with Gasteiger partial charge in [0, 0.05) is 27.9 Å². The predicted molar refractivity (Wildman–Crippen MR) is 130 cm³/mol. The molecule has 0 spiro atoms. The van der Waals surface area contributed by atoms with Crippen LogP contribution in [0.15, 0.2) is 59.0 Å². The molecule has 0 saturated heterocycles. The molecule has 0 saturated carbocycles. The molecular formula is C23H14Cl4N2O3. The van der Waals surface area contributed by atoms with Gasteiger partial charge in [-0.1, -0.05) is 46.4 Å². The van der Waals surface area contributed by atoms with Crippen molar-refractivity contribution in [3.8, 4) is 17.2 Å². The summed E-state index contributed by atoms with van der Waals surface area (Å²) in [7, 11) is 1.49. The molecule has 0 aliphatic heterocycles. The van der Waals surface area contributed by atoms with Gasteiger partial charge in [0.15, 0.2) is 5.58 Å². The summed E-state index contributed by atoms with van der Waals surface area (Å²) in [6.07, 6.45) is 2.93. The van der Waals surface area contributed by atoms with E-state index in [0.717, 1.165) is 0 Å². The van der Waals surface area contributed by atoms with E-state index < -0.39 is 0 Å². The Labute approximate surface area is 203 Å². The van der Waals surface area contributed by atoms with E-state index in [1.54, 1.807) is 54.6 Å². The lowest BCUT2D eigenvalue weighted by Gasteiger charge is -2.08. The first kappa shape index (κ1) is 22.5. The summed E-state index contributed by atoms with van der Waals surface area (Å²) in [6, 6.07) is 13.5. The number of rotatable bonds is 5. The van der Waals surface area contributed by atoms with Gasteiger partial charge in [0.1, 0.15) is 11.3 Å². The van der Waals surface area contributed by atoms with Crippen molar-refractivity contribution in [3.63, 3.8) is 0 Å². The number of amides is 1. The van der Waals surface area contributed by atoms with E-state index in [1.807, 2.05) is 0 Å². The van der Waals surface area contributed by atoms with Crippen LogP contribution in [0.2, 0.25) is 20.1 Å². The molecule has 4 rings (SSSR count). The lowest BCUT2D eigenvalue weighted by Crippen LogP contribution is -2.07. The zero-order chi connectivity index (χ0) is 22.8. The zero-order valence-corrected chi connectivity index (χ0v) is 19.5. The van der Waals surface area contributed by atoms with Gasteiger partial charge in [-0.3, -0.25) is 4.79 Å². The van der Waals surface area contributed by atoms with Gasteiger partial charge in [-0.2, -0.15) is 0 Å². The molecule has 1 heterocycles. The molecule has 9 heteroatoms. The molecule has 0 bridgehead atoms. The monoisotopic (exact) mass is 506 g/mol. The number of halogens is 4. The second-order valence-corrected chi connectivity index (χ2v) is 8.32. The van der Waals surface area contributed by atoms with Crippen LogP contribution in [-0.2, 0) is 4.79 Å². The second kappa shape index (κ2) is 9.43. The van der Waals surface area contributed by atoms with Crippen LogP contribution in [0, 0.1) is 0 Å². The summed E-state index contributed by atoms with van der Waals surface area (Å²) in [5, 5.41) is 4.43. The van der Waals surface area contributed by atoms with Crippen LogP contribution in [0.4, 0.5) is 5.69 Å². The Balaban J connectivity index is 1.54. The normalized spacial score (nSPS) is 11.3. The van der Waals surface area contributed by atoms with Crippen LogP contribution >= 0.6 is 46.4 Å². The van der Waals surface area contributed by atoms with Crippen molar-refractivity contribution in [2.75, 3.05) is 12.4 Å². The average molecular weight is 508 g/mol. The molecule has 4 aromatic rings. The number of hydrogen-bond acceptors (Lipinski definition) is 4. The second-order valence-electron chi connectivity index (χ2n) is 6.66. The summed E-state index contributed by atoms with van der Waals surface area (Å²) in [5.74, 6) is 0.474. The zero-order valence-electron chi connectivity index (χ0n) is 16.5. The maximum absolute atomic E-state index is 12.4. The lowest BCUT2D eigenvalue weighted by atomic mass is 10.2. The largest absolute Gasteiger partial charge is 0.495 e. The number of ether oxygens (including phenoxy) is 1. The topological polar surface area (TPSA) is 64.4 Å². The fraction of sp³-hybridized carbons (Fsp3) is 0.0435. The third kappa shape index (κ3) is 4.87. The molecule has 0 aliphatic carbocycles. The number of hydrogen-bond donors (Lipinski definition) is 1. The molecule has 1 N–H and O–H groups in total. The van der Waals surface area contributed by atoms with Gasteiger partial charge < -0.3 is 14.5 Å². The van der Waals surface area contributed by atoms with E-state index in [1.165, 1.54) is 13.2 Å². The molecule has 0 unspecified atom stereocenters. The van der Waals surface area contributed by atoms with E-state index >= 15 is 0 Å². The summed E-state index contributed by atoms with van der Waals surface area (Å²) >= 11 is 24.2. The van der Waals surface area contributed by atoms with Crippen molar-refractivity contribution >= 4 is 75.2 Å². The third-order valence-corrected chi connectivity index (χ3v) is 5.72. The van der Waals surface area contributed by atoms with Gasteiger partial charge in [-0.05, 0) is 54.6 Å². The fourth-order valence-electron chi connectivity index (χ4n) is 3.03. The SMILES string of the molecule is COc1c(Cl)cc(Cl)cc1/C=C/C(=O)Nc1ccc2oc(-c3ccc(Cl)c(Cl)c3)nc2c1. The van der Waals surface area contributed by atoms with Crippen LogP contribution in [-0.4, -0.2) is 18.0 Å². The first-order chi connectivity index (χ1) is 15.3. The number of carbonyl (C=O) groups is 1. The van der Waals surface area contributed by atoms with Gasteiger partial charge in [-0.25, -0.2) is 4.98 Å². The number of fused-ring (bicyclic) bond motifs is 1. The highest BCUT2D eigenvalue weighted by atomic mass is 35.5. The molecule has 162 valence electrons. The van der Waals surface area contributed by atoms with Crippen LogP contribution in [0.5, 0.6) is 5.75 Å². The molecular weight excluding hydrogens is 494 g/mol. The maximum Gasteiger partial charge on any atom is 0.248 e. The number of carbonyl (C=O) groups excluding carboxylic acids is 1. The number of nitrogens with one attached hydrogen (secondary N) is 1. The predicted octanol–water partition coefficient (Wildman–Crippen LogP) is 7.77. The Hall–Kier alpha value is -2.70. The molecule has 0 atom stereocenters. The Morgan fingerprint density at radius 1 is 1.00 bits per heavy atom. The number of benzene rings is 3. The highest BCUT2D eigenvalue weighted by Crippen LogP contribution is 2.33. The van der Waals surface area contributed by atoms with E-state index in [0.29, 0.717) is 59.6 Å². The van der Waals surface area contributed by atoms with Crippen molar-refractivity contribution in [2.24, 2.45) is 0 Å². The van der Waals surface area contributed by atoms with Crippen molar-refractivity contribution in [2.45, 2.75) is 0 Å². The molecule has 3 aromatic carbocycles. The first-order valence-corrected chi connectivity index (χ1v) is 10.7. The number of oxazole rings is 1. The molecule has 0 radical (unpaired) electrons. The molecule has 32 heavy (non-hydrogen) atoms. The highest BCUT2D eigenvalue weighted by Gasteiger charge is 2.12. The van der Waals surface area contributed by atoms with Crippen LogP contribution in [0.25, 0.3) is 28.6 Å². The molecule has 1 amide bonds. The summed E-state index contributed by atoms with van der Waals surface area (Å²) in [5.41, 5.74) is 2.97. The third-order valence-electron chi connectivity index (χ3n) is 4.48. The average Bonchev–Trinajstić information content (AvgIpc) is 3.17. The maximum atomic E-state index is 12.4. The minimum Gasteiger partial charge on any atom is -0.495 e. The molecule has 5 nitrogen and oxygen atoms in total. The minimum absolute atomic E-state index is 0.351. The van der Waals surface area contributed by atoms with Crippen LogP contribution < -0.4 is 10.1 Å². The summed E-state index contributed by atoms with van der Waals surface area (Å²) < 4.78 is 11.1. The van der Waals surface area contributed by atoms with Crippen molar-refractivity contribution in [1.29, 1.82) is 0 Å². The fourth-order valence-corrected chi connectivity index (χ4v) is 3.91. The summed E-state index contributed by atoms with van der Waals surface area (Å²) in [4.78, 5) is 16.9. The van der Waals surface area contributed by atoms with Crippen LogP contribution in [0.3, 0.4) is 0 Å². The Bertz CT molecular complexity index is 1370. The Kier molecular flexibility index (Phi) is 6.63. The van der Waals surface area contributed by atoms with E-state index in [4.69, 9.17) is 55.6 Å². The van der Waals surface area contributed by atoms with Crippen molar-refractivity contribution in [3.05, 3.63) is 80.3 Å². The van der Waals surface area contributed by atoms with E-state index in [2.05, 4.69) is 10.3 Å². The Morgan fingerprint density at radius 2 is 1.81 bits per heavy atom. The van der Waals surface area contributed by atoms with E-state index in [-0.39, 0.29) is 5.91 Å². The molecule has 0 fully saturated rings. The van der Waals surface area contributed by atoms with Crippen molar-refractivity contribution in [1.82, 2.24) is 4.98 Å². The standard InChI is InChI=1S/C23H14Cl4N2O3/c1-31-22-12(8-14(24)10-18(22)27)3-7-21(30)28-15-4-6-20-19(11-15)29-23(32-20)13-2-5-16(25)17(26)9-13/h2-11H,1H3,(H,28,30)/b7-3+. The van der Waals surface area contributed by atoms with Gasteiger partial charge in [0.2, 0.25) is 11.8 Å². The number of nitrogens with zero attached hydrogens (tertiary/aromatic N) is 1.